The van der Waals surface area contributed by atoms with Crippen molar-refractivity contribution in [2.45, 2.75) is 10.6 Å². The maximum absolute atomic E-state index is 12.2. The lowest BCUT2D eigenvalue weighted by molar-refractivity contribution is -0.138. The van der Waals surface area contributed by atoms with Gasteiger partial charge in [0.15, 0.2) is 0 Å². The molecule has 0 amide bonds. The fourth-order valence-electron chi connectivity index (χ4n) is 0.913. The van der Waals surface area contributed by atoms with Gasteiger partial charge in [0, 0.05) is 4.43 Å². The molecule has 0 aromatic heterocycles. The lowest BCUT2D eigenvalue weighted by Crippen LogP contribution is -2.07. The summed E-state index contributed by atoms with van der Waals surface area (Å²) in [4.78, 5) is 0. The molecule has 0 saturated carbocycles. The Balaban J connectivity index is 3.14. The number of benzene rings is 1. The fraction of sp³-hybridized carbons (Fsp3) is 0.250. The molecule has 0 N–H and O–H groups in total. The summed E-state index contributed by atoms with van der Waals surface area (Å²) in [6, 6.07) is 5.62. The van der Waals surface area contributed by atoms with Gasteiger partial charge < -0.3 is 0 Å². The number of rotatable bonds is 1. The molecule has 0 spiro atoms. The van der Waals surface area contributed by atoms with E-state index in [2.05, 4.69) is 0 Å². The lowest BCUT2D eigenvalue weighted by atomic mass is 10.1. The highest BCUT2D eigenvalue weighted by atomic mass is 127. The summed E-state index contributed by atoms with van der Waals surface area (Å²) in [6.07, 6.45) is -4.22. The van der Waals surface area contributed by atoms with Crippen molar-refractivity contribution in [1.29, 1.82) is 0 Å². The minimum absolute atomic E-state index is 0.339. The van der Waals surface area contributed by atoms with E-state index >= 15 is 0 Å². The molecule has 0 atom stereocenters. The van der Waals surface area contributed by atoms with E-state index in [1.807, 2.05) is 22.6 Å². The van der Waals surface area contributed by atoms with E-state index in [1.54, 1.807) is 6.07 Å². The third-order valence-electron chi connectivity index (χ3n) is 1.47. The molecule has 1 aromatic rings. The Hall–Kier alpha value is -0.260. The minimum atomic E-state index is -4.22. The maximum atomic E-state index is 12.2. The van der Waals surface area contributed by atoms with Crippen molar-refractivity contribution < 1.29 is 13.2 Å². The molecular formula is C8H6F3I. The van der Waals surface area contributed by atoms with Gasteiger partial charge in [-0.1, -0.05) is 40.8 Å². The van der Waals surface area contributed by atoms with Crippen LogP contribution >= 0.6 is 22.6 Å². The first-order valence-electron chi connectivity index (χ1n) is 3.27. The molecule has 0 unspecified atom stereocenters. The van der Waals surface area contributed by atoms with E-state index in [1.165, 1.54) is 12.1 Å². The van der Waals surface area contributed by atoms with Crippen LogP contribution in [0.3, 0.4) is 0 Å². The molecule has 0 aliphatic heterocycles. The average molecular weight is 286 g/mol. The van der Waals surface area contributed by atoms with E-state index in [4.69, 9.17) is 0 Å². The number of hydrogen-bond acceptors (Lipinski definition) is 0. The number of alkyl halides is 4. The molecule has 0 aliphatic carbocycles. The second kappa shape index (κ2) is 3.64. The molecule has 0 nitrogen and oxygen atoms in total. The van der Waals surface area contributed by atoms with E-state index in [-0.39, 0.29) is 0 Å². The molecular weight excluding hydrogens is 280 g/mol. The van der Waals surface area contributed by atoms with Gasteiger partial charge >= 0.3 is 6.18 Å². The van der Waals surface area contributed by atoms with Gasteiger partial charge in [0.2, 0.25) is 0 Å². The zero-order chi connectivity index (χ0) is 9.19. The van der Waals surface area contributed by atoms with Gasteiger partial charge in [0.05, 0.1) is 5.56 Å². The first-order valence-corrected chi connectivity index (χ1v) is 4.79. The fourth-order valence-corrected chi connectivity index (χ4v) is 1.58. The summed E-state index contributed by atoms with van der Waals surface area (Å²) in [6.45, 7) is 0. The van der Waals surface area contributed by atoms with E-state index in [0.29, 0.717) is 9.99 Å². The first kappa shape index (κ1) is 9.83. The van der Waals surface area contributed by atoms with Crippen LogP contribution in [0, 0.1) is 0 Å². The normalized spacial score (nSPS) is 11.7. The molecule has 0 bridgehead atoms. The zero-order valence-electron chi connectivity index (χ0n) is 6.03. The van der Waals surface area contributed by atoms with Gasteiger partial charge in [-0.25, -0.2) is 0 Å². The van der Waals surface area contributed by atoms with Gasteiger partial charge in [0.25, 0.3) is 0 Å². The SMILES string of the molecule is FC(F)(F)c1ccccc1CI. The molecule has 1 rings (SSSR count). The molecule has 4 heteroatoms. The van der Waals surface area contributed by atoms with Crippen molar-refractivity contribution in [2.75, 3.05) is 0 Å². The average Bonchev–Trinajstić information content (AvgIpc) is 2.03. The third-order valence-corrected chi connectivity index (χ3v) is 2.29. The highest BCUT2D eigenvalue weighted by molar-refractivity contribution is 14.1. The maximum Gasteiger partial charge on any atom is 0.416 e. The topological polar surface area (TPSA) is 0 Å². The van der Waals surface area contributed by atoms with Crippen LogP contribution in [0.5, 0.6) is 0 Å². The van der Waals surface area contributed by atoms with Crippen LogP contribution in [0.25, 0.3) is 0 Å². The quantitative estimate of drug-likeness (QED) is 0.546. The second-order valence-corrected chi connectivity index (χ2v) is 3.05. The first-order chi connectivity index (χ1) is 5.55. The van der Waals surface area contributed by atoms with Gasteiger partial charge in [-0.2, -0.15) is 13.2 Å². The molecule has 0 fully saturated rings. The lowest BCUT2D eigenvalue weighted by Gasteiger charge is -2.09. The van der Waals surface area contributed by atoms with Gasteiger partial charge in [-0.3, -0.25) is 0 Å². The smallest absolute Gasteiger partial charge is 0.166 e. The van der Waals surface area contributed by atoms with Gasteiger partial charge in [-0.05, 0) is 11.6 Å². The molecule has 12 heavy (non-hydrogen) atoms. The molecule has 0 heterocycles. The predicted octanol–water partition coefficient (Wildman–Crippen LogP) is 3.64. The standard InChI is InChI=1S/C8H6F3I/c9-8(10,11)7-4-2-1-3-6(7)5-12/h1-4H,5H2. The molecule has 66 valence electrons. The Morgan fingerprint density at radius 2 is 1.75 bits per heavy atom. The van der Waals surface area contributed by atoms with Crippen LogP contribution in [0.2, 0.25) is 0 Å². The van der Waals surface area contributed by atoms with E-state index in [0.717, 1.165) is 6.07 Å². The van der Waals surface area contributed by atoms with Crippen LogP contribution in [0.1, 0.15) is 11.1 Å². The zero-order valence-corrected chi connectivity index (χ0v) is 8.19. The van der Waals surface area contributed by atoms with Crippen molar-refractivity contribution in [2.24, 2.45) is 0 Å². The summed E-state index contributed by atoms with van der Waals surface area (Å²) < 4.78 is 37.1. The number of hydrogen-bond donors (Lipinski definition) is 0. The Labute approximate surface area is 81.9 Å². The predicted molar refractivity (Wildman–Crippen MR) is 49.2 cm³/mol. The summed E-state index contributed by atoms with van der Waals surface area (Å²) in [7, 11) is 0. The summed E-state index contributed by atoms with van der Waals surface area (Å²) in [5.74, 6) is 0. The summed E-state index contributed by atoms with van der Waals surface area (Å²) in [5.41, 5.74) is -0.190. The van der Waals surface area contributed by atoms with Crippen molar-refractivity contribution in [1.82, 2.24) is 0 Å². The third kappa shape index (κ3) is 2.12. The van der Waals surface area contributed by atoms with Crippen LogP contribution in [0.15, 0.2) is 24.3 Å². The number of halogens is 4. The monoisotopic (exact) mass is 286 g/mol. The Bertz CT molecular complexity index is 267. The van der Waals surface area contributed by atoms with Gasteiger partial charge in [0.1, 0.15) is 0 Å². The van der Waals surface area contributed by atoms with Crippen LogP contribution < -0.4 is 0 Å². The largest absolute Gasteiger partial charge is 0.416 e. The summed E-state index contributed by atoms with van der Waals surface area (Å²) >= 11 is 1.92. The van der Waals surface area contributed by atoms with E-state index < -0.39 is 11.7 Å². The van der Waals surface area contributed by atoms with E-state index in [9.17, 15) is 13.2 Å². The molecule has 1 aromatic carbocycles. The van der Waals surface area contributed by atoms with Crippen LogP contribution in [-0.4, -0.2) is 0 Å². The van der Waals surface area contributed by atoms with Crippen LogP contribution in [-0.2, 0) is 10.6 Å². The van der Waals surface area contributed by atoms with Gasteiger partial charge in [-0.15, -0.1) is 0 Å². The Kier molecular flexibility index (Phi) is 2.98. The highest BCUT2D eigenvalue weighted by Gasteiger charge is 2.32. The molecule has 0 saturated heterocycles. The molecule has 0 radical (unpaired) electrons. The summed E-state index contributed by atoms with van der Waals surface area (Å²) in [5, 5.41) is 0. The molecule has 0 aliphatic rings. The van der Waals surface area contributed by atoms with Crippen molar-refractivity contribution in [3.8, 4) is 0 Å². The Morgan fingerprint density at radius 1 is 1.17 bits per heavy atom. The van der Waals surface area contributed by atoms with Crippen molar-refractivity contribution in [3.05, 3.63) is 35.4 Å². The minimum Gasteiger partial charge on any atom is -0.166 e. The Morgan fingerprint density at radius 3 is 2.17 bits per heavy atom. The van der Waals surface area contributed by atoms with Crippen molar-refractivity contribution in [3.63, 3.8) is 0 Å². The van der Waals surface area contributed by atoms with Crippen LogP contribution in [0.4, 0.5) is 13.2 Å². The second-order valence-electron chi connectivity index (χ2n) is 2.29. The van der Waals surface area contributed by atoms with Crippen molar-refractivity contribution >= 4 is 22.6 Å². The highest BCUT2D eigenvalue weighted by Crippen LogP contribution is 2.32.